The van der Waals surface area contributed by atoms with Gasteiger partial charge in [0.2, 0.25) is 0 Å². The van der Waals surface area contributed by atoms with Crippen LogP contribution < -0.4 is 4.74 Å². The Bertz CT molecular complexity index is 529. The molecule has 0 saturated carbocycles. The zero-order valence-electron chi connectivity index (χ0n) is 11.5. The molecule has 0 atom stereocenters. The van der Waals surface area contributed by atoms with Gasteiger partial charge in [0.1, 0.15) is 5.75 Å². The normalized spacial score (nSPS) is 10.5. The smallest absolute Gasteiger partial charge is 0.119 e. The first-order valence-electron chi connectivity index (χ1n) is 6.58. The van der Waals surface area contributed by atoms with Crippen LogP contribution in [-0.4, -0.2) is 11.7 Å². The van der Waals surface area contributed by atoms with Crippen molar-refractivity contribution in [2.24, 2.45) is 0 Å². The number of hydrogen-bond acceptors (Lipinski definition) is 2. The summed E-state index contributed by atoms with van der Waals surface area (Å²) in [5, 5.41) is 9.13. The molecule has 0 heterocycles. The third-order valence-corrected chi connectivity index (χ3v) is 3.26. The molecule has 0 radical (unpaired) electrons. The van der Waals surface area contributed by atoms with Crippen molar-refractivity contribution < 1.29 is 9.84 Å². The second-order valence-electron chi connectivity index (χ2n) is 4.83. The van der Waals surface area contributed by atoms with Crippen LogP contribution in [0.4, 0.5) is 0 Å². The van der Waals surface area contributed by atoms with Gasteiger partial charge in [-0.15, -0.1) is 0 Å². The largest absolute Gasteiger partial charge is 0.493 e. The Morgan fingerprint density at radius 1 is 1.00 bits per heavy atom. The fourth-order valence-corrected chi connectivity index (χ4v) is 2.01. The monoisotopic (exact) mass is 256 g/mol. The van der Waals surface area contributed by atoms with E-state index in [1.807, 2.05) is 25.1 Å². The van der Waals surface area contributed by atoms with Crippen molar-refractivity contribution >= 4 is 0 Å². The first-order chi connectivity index (χ1) is 9.19. The van der Waals surface area contributed by atoms with Crippen molar-refractivity contribution in [3.05, 3.63) is 64.7 Å². The van der Waals surface area contributed by atoms with Crippen molar-refractivity contribution in [2.45, 2.75) is 26.9 Å². The minimum Gasteiger partial charge on any atom is -0.493 e. The van der Waals surface area contributed by atoms with Gasteiger partial charge in [0, 0.05) is 6.42 Å². The number of hydrogen-bond donors (Lipinski definition) is 1. The van der Waals surface area contributed by atoms with E-state index in [-0.39, 0.29) is 6.61 Å². The molecule has 0 aliphatic carbocycles. The van der Waals surface area contributed by atoms with Crippen molar-refractivity contribution in [3.63, 3.8) is 0 Å². The minimum atomic E-state index is 0.103. The summed E-state index contributed by atoms with van der Waals surface area (Å²) in [6.45, 7) is 4.86. The lowest BCUT2D eigenvalue weighted by atomic mass is 10.0. The highest BCUT2D eigenvalue weighted by atomic mass is 16.5. The van der Waals surface area contributed by atoms with E-state index < -0.39 is 0 Å². The third-order valence-electron chi connectivity index (χ3n) is 3.26. The lowest BCUT2D eigenvalue weighted by molar-refractivity contribution is 0.281. The van der Waals surface area contributed by atoms with Crippen molar-refractivity contribution in [3.8, 4) is 5.75 Å². The summed E-state index contributed by atoms with van der Waals surface area (Å²) >= 11 is 0. The van der Waals surface area contributed by atoms with E-state index in [1.54, 1.807) is 0 Å². The van der Waals surface area contributed by atoms with Crippen LogP contribution in [0.1, 0.15) is 22.3 Å². The maximum absolute atomic E-state index is 9.13. The summed E-state index contributed by atoms with van der Waals surface area (Å²) in [5.41, 5.74) is 4.60. The number of benzene rings is 2. The number of ether oxygens (including phenoxy) is 1. The quantitative estimate of drug-likeness (QED) is 0.888. The van der Waals surface area contributed by atoms with Crippen LogP contribution in [-0.2, 0) is 13.0 Å². The lowest BCUT2D eigenvalue weighted by Gasteiger charge is -2.08. The number of aryl methyl sites for hydroxylation is 2. The fourth-order valence-electron chi connectivity index (χ4n) is 2.01. The number of rotatable bonds is 5. The average Bonchev–Trinajstić information content (AvgIpc) is 2.41. The molecule has 0 spiro atoms. The maximum atomic E-state index is 9.13. The van der Waals surface area contributed by atoms with Crippen LogP contribution in [0.5, 0.6) is 5.75 Å². The van der Waals surface area contributed by atoms with E-state index in [0.29, 0.717) is 6.61 Å². The molecule has 1 N–H and O–H groups in total. The molecule has 2 nitrogen and oxygen atoms in total. The Hall–Kier alpha value is -1.80. The van der Waals surface area contributed by atoms with Gasteiger partial charge in [-0.1, -0.05) is 35.9 Å². The predicted molar refractivity (Wildman–Crippen MR) is 77.5 cm³/mol. The molecule has 0 amide bonds. The van der Waals surface area contributed by atoms with Crippen LogP contribution >= 0.6 is 0 Å². The Kier molecular flexibility index (Phi) is 4.58. The second-order valence-corrected chi connectivity index (χ2v) is 4.83. The molecule has 2 aromatic rings. The predicted octanol–water partition coefficient (Wildman–Crippen LogP) is 3.42. The van der Waals surface area contributed by atoms with E-state index >= 15 is 0 Å². The Morgan fingerprint density at radius 3 is 2.37 bits per heavy atom. The molecule has 2 heteroatoms. The molecule has 0 fully saturated rings. The first kappa shape index (κ1) is 13.6. The van der Waals surface area contributed by atoms with Crippen molar-refractivity contribution in [1.82, 2.24) is 0 Å². The van der Waals surface area contributed by atoms with Crippen molar-refractivity contribution in [2.75, 3.05) is 6.61 Å². The van der Waals surface area contributed by atoms with Crippen molar-refractivity contribution in [1.29, 1.82) is 0 Å². The molecule has 0 aliphatic heterocycles. The Labute approximate surface area is 114 Å². The summed E-state index contributed by atoms with van der Waals surface area (Å²) in [5.74, 6) is 0.911. The molecule has 0 bridgehead atoms. The summed E-state index contributed by atoms with van der Waals surface area (Å²) in [4.78, 5) is 0. The van der Waals surface area contributed by atoms with Crippen LogP contribution in [0.15, 0.2) is 42.5 Å². The van der Waals surface area contributed by atoms with Crippen LogP contribution in [0, 0.1) is 13.8 Å². The molecular formula is C17H20O2. The number of aliphatic hydroxyl groups excluding tert-OH is 1. The van der Waals surface area contributed by atoms with Gasteiger partial charge >= 0.3 is 0 Å². The van der Waals surface area contributed by atoms with Crippen LogP contribution in [0.3, 0.4) is 0 Å². The summed E-state index contributed by atoms with van der Waals surface area (Å²) in [6, 6.07) is 14.2. The van der Waals surface area contributed by atoms with Gasteiger partial charge < -0.3 is 9.84 Å². The van der Waals surface area contributed by atoms with E-state index in [2.05, 4.69) is 31.2 Å². The fraction of sp³-hybridized carbons (Fsp3) is 0.294. The van der Waals surface area contributed by atoms with E-state index in [4.69, 9.17) is 9.84 Å². The van der Waals surface area contributed by atoms with E-state index in [9.17, 15) is 0 Å². The highest BCUT2D eigenvalue weighted by molar-refractivity contribution is 5.31. The first-order valence-corrected chi connectivity index (χ1v) is 6.58. The van der Waals surface area contributed by atoms with Crippen LogP contribution in [0.2, 0.25) is 0 Å². The third kappa shape index (κ3) is 3.83. The zero-order valence-corrected chi connectivity index (χ0v) is 11.5. The molecule has 0 aliphatic rings. The molecule has 19 heavy (non-hydrogen) atoms. The summed E-state index contributed by atoms with van der Waals surface area (Å²) < 4.78 is 5.71. The Balaban J connectivity index is 1.88. The number of aliphatic hydroxyl groups is 1. The second kappa shape index (κ2) is 6.39. The topological polar surface area (TPSA) is 29.5 Å². The molecule has 100 valence electrons. The van der Waals surface area contributed by atoms with Gasteiger partial charge in [0.15, 0.2) is 0 Å². The van der Waals surface area contributed by atoms with Gasteiger partial charge in [-0.3, -0.25) is 0 Å². The summed E-state index contributed by atoms with van der Waals surface area (Å²) in [7, 11) is 0. The minimum absolute atomic E-state index is 0.103. The molecular weight excluding hydrogens is 236 g/mol. The Morgan fingerprint density at radius 2 is 1.74 bits per heavy atom. The molecule has 0 aromatic heterocycles. The molecule has 2 aromatic carbocycles. The van der Waals surface area contributed by atoms with Gasteiger partial charge in [0.05, 0.1) is 13.2 Å². The summed E-state index contributed by atoms with van der Waals surface area (Å²) in [6.07, 6.45) is 0.875. The van der Waals surface area contributed by atoms with Gasteiger partial charge in [0.25, 0.3) is 0 Å². The highest BCUT2D eigenvalue weighted by Gasteiger charge is 2.00. The molecule has 0 unspecified atom stereocenters. The maximum Gasteiger partial charge on any atom is 0.119 e. The lowest BCUT2D eigenvalue weighted by Crippen LogP contribution is -2.02. The van der Waals surface area contributed by atoms with Gasteiger partial charge in [-0.2, -0.15) is 0 Å². The molecule has 2 rings (SSSR count). The SMILES string of the molecule is Cc1ccc(OCCc2ccc(CO)c(C)c2)cc1. The van der Waals surface area contributed by atoms with Crippen LogP contribution in [0.25, 0.3) is 0 Å². The molecule has 0 saturated heterocycles. The highest BCUT2D eigenvalue weighted by Crippen LogP contribution is 2.14. The standard InChI is InChI=1S/C17H20O2/c1-13-3-7-17(8-4-13)19-10-9-15-5-6-16(12-18)14(2)11-15/h3-8,11,18H,9-10,12H2,1-2H3. The van der Waals surface area contributed by atoms with Gasteiger partial charge in [-0.25, -0.2) is 0 Å². The van der Waals surface area contributed by atoms with E-state index in [0.717, 1.165) is 23.3 Å². The van der Waals surface area contributed by atoms with E-state index in [1.165, 1.54) is 11.1 Å². The average molecular weight is 256 g/mol. The zero-order chi connectivity index (χ0) is 13.7. The van der Waals surface area contributed by atoms with Gasteiger partial charge in [-0.05, 0) is 42.7 Å².